The summed E-state index contributed by atoms with van der Waals surface area (Å²) in [6, 6.07) is 5.90. The van der Waals surface area contributed by atoms with Crippen molar-refractivity contribution in [3.63, 3.8) is 0 Å². The summed E-state index contributed by atoms with van der Waals surface area (Å²) in [5, 5.41) is 12.6. The molecule has 4 rings (SSSR count). The topological polar surface area (TPSA) is 69.6 Å². The summed E-state index contributed by atoms with van der Waals surface area (Å²) < 4.78 is 0.984. The molecule has 0 unspecified atom stereocenters. The maximum atomic E-state index is 12.7. The predicted octanol–water partition coefficient (Wildman–Crippen LogP) is 1.79. The number of carbonyl (C=O) groups excluding carboxylic acids is 2. The molecular formula is C17H19BrN2O3. The highest BCUT2D eigenvalue weighted by atomic mass is 79.9. The van der Waals surface area contributed by atoms with Gasteiger partial charge in [0.1, 0.15) is 6.54 Å². The second-order valence-electron chi connectivity index (χ2n) is 7.24. The number of nitrogens with one attached hydrogen (secondary N) is 1. The minimum absolute atomic E-state index is 0.0237. The van der Waals surface area contributed by atoms with Gasteiger partial charge in [-0.1, -0.05) is 15.9 Å². The first-order chi connectivity index (χ1) is 10.8. The van der Waals surface area contributed by atoms with Crippen LogP contribution < -0.4 is 5.32 Å². The average molecular weight is 379 g/mol. The molecule has 2 aliphatic carbocycles. The van der Waals surface area contributed by atoms with Crippen LogP contribution in [0.1, 0.15) is 48.0 Å². The third-order valence-electron chi connectivity index (χ3n) is 5.11. The van der Waals surface area contributed by atoms with Crippen LogP contribution in [-0.2, 0) is 4.79 Å². The number of aliphatic hydroxyl groups is 1. The van der Waals surface area contributed by atoms with Crippen LogP contribution in [0.15, 0.2) is 22.7 Å². The molecule has 0 bridgehead atoms. The molecule has 122 valence electrons. The molecular weight excluding hydrogens is 360 g/mol. The number of rotatable bonds is 3. The van der Waals surface area contributed by atoms with E-state index in [0.717, 1.165) is 16.5 Å². The van der Waals surface area contributed by atoms with E-state index >= 15 is 0 Å². The molecule has 0 spiro atoms. The fourth-order valence-electron chi connectivity index (χ4n) is 3.92. The molecule has 3 aliphatic rings. The first-order valence-corrected chi connectivity index (χ1v) is 8.75. The van der Waals surface area contributed by atoms with E-state index in [2.05, 4.69) is 21.2 Å². The van der Waals surface area contributed by atoms with E-state index in [1.807, 2.05) is 18.2 Å². The van der Waals surface area contributed by atoms with Gasteiger partial charge in [0.05, 0.1) is 5.60 Å². The molecule has 2 atom stereocenters. The number of hydrogen-bond donors (Lipinski definition) is 2. The molecule has 2 N–H and O–H groups in total. The van der Waals surface area contributed by atoms with Gasteiger partial charge in [0.2, 0.25) is 5.91 Å². The summed E-state index contributed by atoms with van der Waals surface area (Å²) in [5.41, 5.74) is 1.15. The van der Waals surface area contributed by atoms with Crippen molar-refractivity contribution in [2.24, 2.45) is 0 Å². The lowest BCUT2D eigenvalue weighted by molar-refractivity contribution is -0.125. The molecule has 0 aromatic heterocycles. The van der Waals surface area contributed by atoms with Crippen LogP contribution in [0.5, 0.6) is 0 Å². The minimum atomic E-state index is -0.660. The summed E-state index contributed by atoms with van der Waals surface area (Å²) in [7, 11) is 0. The van der Waals surface area contributed by atoms with Crippen molar-refractivity contribution in [2.45, 2.75) is 49.8 Å². The number of amides is 2. The molecule has 0 saturated heterocycles. The van der Waals surface area contributed by atoms with Gasteiger partial charge in [0.15, 0.2) is 0 Å². The van der Waals surface area contributed by atoms with Crippen LogP contribution in [0.3, 0.4) is 0 Å². The Morgan fingerprint density at radius 1 is 1.48 bits per heavy atom. The van der Waals surface area contributed by atoms with E-state index < -0.39 is 5.60 Å². The van der Waals surface area contributed by atoms with Gasteiger partial charge in [0.25, 0.3) is 5.91 Å². The highest BCUT2D eigenvalue weighted by Gasteiger charge is 2.51. The second-order valence-corrected chi connectivity index (χ2v) is 8.16. The zero-order valence-electron chi connectivity index (χ0n) is 12.9. The fraction of sp³-hybridized carbons (Fsp3) is 0.529. The van der Waals surface area contributed by atoms with Gasteiger partial charge in [0, 0.05) is 28.0 Å². The summed E-state index contributed by atoms with van der Waals surface area (Å²) in [5.74, 6) is 0.171. The Balaban J connectivity index is 1.44. The van der Waals surface area contributed by atoms with Crippen LogP contribution in [0, 0.1) is 0 Å². The third-order valence-corrected chi connectivity index (χ3v) is 5.61. The Bertz CT molecular complexity index is 695. The first-order valence-electron chi connectivity index (χ1n) is 7.96. The smallest absolute Gasteiger partial charge is 0.254 e. The van der Waals surface area contributed by atoms with Gasteiger partial charge in [-0.2, -0.15) is 0 Å². The molecule has 1 aromatic rings. The van der Waals surface area contributed by atoms with E-state index in [0.29, 0.717) is 24.3 Å². The van der Waals surface area contributed by atoms with Crippen LogP contribution >= 0.6 is 15.9 Å². The number of nitrogens with zero attached hydrogens (tertiary/aromatic N) is 1. The fourth-order valence-corrected chi connectivity index (χ4v) is 4.30. The Kier molecular flexibility index (Phi) is 3.32. The predicted molar refractivity (Wildman–Crippen MR) is 88.1 cm³/mol. The zero-order chi connectivity index (χ0) is 16.4. The van der Waals surface area contributed by atoms with Gasteiger partial charge in [-0.15, -0.1) is 0 Å². The minimum Gasteiger partial charge on any atom is -0.390 e. The lowest BCUT2D eigenvalue weighted by atomic mass is 9.77. The van der Waals surface area contributed by atoms with Crippen molar-refractivity contribution in [1.82, 2.24) is 10.2 Å². The Morgan fingerprint density at radius 3 is 2.91 bits per heavy atom. The second kappa shape index (κ2) is 5.05. The monoisotopic (exact) mass is 378 g/mol. The van der Waals surface area contributed by atoms with Crippen LogP contribution in [0.4, 0.5) is 0 Å². The molecule has 6 heteroatoms. The highest BCUT2D eigenvalue weighted by molar-refractivity contribution is 9.10. The Labute approximate surface area is 143 Å². The summed E-state index contributed by atoms with van der Waals surface area (Å²) >= 11 is 3.45. The quantitative estimate of drug-likeness (QED) is 0.842. The van der Waals surface area contributed by atoms with Crippen molar-refractivity contribution >= 4 is 27.7 Å². The van der Waals surface area contributed by atoms with E-state index in [4.69, 9.17) is 0 Å². The molecule has 1 aromatic carbocycles. The number of hydrogen-bond acceptors (Lipinski definition) is 3. The van der Waals surface area contributed by atoms with Gasteiger partial charge in [-0.3, -0.25) is 9.59 Å². The number of benzene rings is 1. The summed E-state index contributed by atoms with van der Waals surface area (Å²) in [4.78, 5) is 26.6. The van der Waals surface area contributed by atoms with Gasteiger partial charge >= 0.3 is 0 Å². The Morgan fingerprint density at radius 2 is 2.22 bits per heavy atom. The van der Waals surface area contributed by atoms with Crippen molar-refractivity contribution in [1.29, 1.82) is 0 Å². The molecule has 1 aliphatic heterocycles. The van der Waals surface area contributed by atoms with Crippen LogP contribution in [0.2, 0.25) is 0 Å². The van der Waals surface area contributed by atoms with E-state index in [1.165, 1.54) is 0 Å². The largest absolute Gasteiger partial charge is 0.390 e. The van der Waals surface area contributed by atoms with Gasteiger partial charge in [-0.05, 0) is 49.9 Å². The normalized spacial score (nSPS) is 34.3. The van der Waals surface area contributed by atoms with E-state index in [-0.39, 0.29) is 30.4 Å². The Hall–Kier alpha value is -1.40. The molecule has 2 fully saturated rings. The molecule has 2 amide bonds. The molecule has 0 radical (unpaired) electrons. The summed E-state index contributed by atoms with van der Waals surface area (Å²) in [6.07, 6.45) is 2.09. The summed E-state index contributed by atoms with van der Waals surface area (Å²) in [6.45, 7) is 1.88. The van der Waals surface area contributed by atoms with Crippen molar-refractivity contribution in [2.75, 3.05) is 6.54 Å². The molecule has 1 heterocycles. The molecule has 5 nitrogen and oxygen atoms in total. The number of fused-ring (bicyclic) bond motifs is 3. The average Bonchev–Trinajstić information content (AvgIpc) is 3.21. The van der Waals surface area contributed by atoms with E-state index in [1.54, 1.807) is 11.8 Å². The maximum absolute atomic E-state index is 12.7. The van der Waals surface area contributed by atoms with Crippen molar-refractivity contribution in [3.8, 4) is 0 Å². The number of halogens is 1. The SMILES string of the molecule is CC1(O)CC(NC(=O)CN2C(=O)c3ccc(Br)cc3[C@@H]3C[C@@H]32)C1. The lowest BCUT2D eigenvalue weighted by Gasteiger charge is -2.41. The zero-order valence-corrected chi connectivity index (χ0v) is 14.5. The molecule has 23 heavy (non-hydrogen) atoms. The van der Waals surface area contributed by atoms with E-state index in [9.17, 15) is 14.7 Å². The van der Waals surface area contributed by atoms with Gasteiger partial charge < -0.3 is 15.3 Å². The highest BCUT2D eigenvalue weighted by Crippen LogP contribution is 2.50. The third kappa shape index (κ3) is 2.68. The standard InChI is InChI=1S/C17H19BrN2O3/c1-17(23)6-10(7-17)19-15(21)8-20-14-5-13(14)12-4-9(18)2-3-11(12)16(20)22/h2-4,10,13-14,23H,5-8H2,1H3,(H,19,21)/t10?,13-,14-,17?/m0/s1. The van der Waals surface area contributed by atoms with Crippen LogP contribution in [-0.4, -0.2) is 46.1 Å². The van der Waals surface area contributed by atoms with Crippen molar-refractivity contribution < 1.29 is 14.7 Å². The number of carbonyl (C=O) groups is 2. The van der Waals surface area contributed by atoms with Gasteiger partial charge in [-0.25, -0.2) is 0 Å². The van der Waals surface area contributed by atoms with Crippen LogP contribution in [0.25, 0.3) is 0 Å². The van der Waals surface area contributed by atoms with Crippen molar-refractivity contribution in [3.05, 3.63) is 33.8 Å². The molecule has 2 saturated carbocycles. The first kappa shape index (κ1) is 15.1. The lowest BCUT2D eigenvalue weighted by Crippen LogP contribution is -2.55. The maximum Gasteiger partial charge on any atom is 0.254 e.